The van der Waals surface area contributed by atoms with Gasteiger partial charge in [0, 0.05) is 22.1 Å². The maximum absolute atomic E-state index is 5.32. The molecule has 1 aliphatic rings. The van der Waals surface area contributed by atoms with E-state index >= 15 is 0 Å². The molecule has 0 fully saturated rings. The predicted octanol–water partition coefficient (Wildman–Crippen LogP) is 15.1. The summed E-state index contributed by atoms with van der Waals surface area (Å²) in [6, 6.07) is 74.3. The second-order valence-electron chi connectivity index (χ2n) is 16.1. The summed E-state index contributed by atoms with van der Waals surface area (Å²) < 4.78 is 0. The minimum Gasteiger partial charge on any atom is -0.228 e. The van der Waals surface area contributed by atoms with E-state index in [0.717, 1.165) is 44.8 Å². The molecule has 10 aromatic rings. The summed E-state index contributed by atoms with van der Waals surface area (Å²) in [6.07, 6.45) is 0. The third-order valence-corrected chi connectivity index (χ3v) is 12.3. The zero-order valence-corrected chi connectivity index (χ0v) is 33.0. The van der Waals surface area contributed by atoms with Crippen molar-refractivity contribution in [3.05, 3.63) is 217 Å². The molecule has 0 unspecified atom stereocenters. The lowest BCUT2D eigenvalue weighted by Gasteiger charge is -2.22. The summed E-state index contributed by atoms with van der Waals surface area (Å²) >= 11 is 0. The summed E-state index contributed by atoms with van der Waals surface area (Å²) in [4.78, 5) is 10.6. The normalized spacial score (nSPS) is 12.7. The molecule has 0 spiro atoms. The molecular formula is C57H40N2. The van der Waals surface area contributed by atoms with E-state index < -0.39 is 0 Å². The van der Waals surface area contributed by atoms with E-state index in [2.05, 4.69) is 214 Å². The highest BCUT2D eigenvalue weighted by molar-refractivity contribution is 6.10. The second kappa shape index (κ2) is 13.9. The largest absolute Gasteiger partial charge is 0.228 e. The molecule has 0 saturated carbocycles. The van der Waals surface area contributed by atoms with Crippen molar-refractivity contribution < 1.29 is 0 Å². The van der Waals surface area contributed by atoms with Crippen molar-refractivity contribution in [1.82, 2.24) is 9.97 Å². The number of nitrogens with zero attached hydrogens (tertiary/aromatic N) is 2. The van der Waals surface area contributed by atoms with Crippen LogP contribution in [0.4, 0.5) is 0 Å². The van der Waals surface area contributed by atoms with Gasteiger partial charge in [-0.2, -0.15) is 0 Å². The number of hydrogen-bond donors (Lipinski definition) is 0. The molecule has 1 heterocycles. The van der Waals surface area contributed by atoms with Crippen LogP contribution in [-0.4, -0.2) is 9.97 Å². The average Bonchev–Trinajstić information content (AvgIpc) is 3.53. The van der Waals surface area contributed by atoms with Crippen molar-refractivity contribution >= 4 is 21.5 Å². The Labute approximate surface area is 345 Å². The molecule has 2 heteroatoms. The Morgan fingerprint density at radius 2 is 0.814 bits per heavy atom. The maximum atomic E-state index is 5.32. The first kappa shape index (κ1) is 34.8. The second-order valence-corrected chi connectivity index (χ2v) is 16.1. The van der Waals surface area contributed by atoms with Crippen molar-refractivity contribution in [1.29, 1.82) is 0 Å². The molecule has 59 heavy (non-hydrogen) atoms. The van der Waals surface area contributed by atoms with Gasteiger partial charge in [-0.3, -0.25) is 0 Å². The van der Waals surface area contributed by atoms with Gasteiger partial charge in [0.25, 0.3) is 0 Å². The third-order valence-electron chi connectivity index (χ3n) is 12.3. The molecule has 0 radical (unpaired) electrons. The Morgan fingerprint density at radius 3 is 1.47 bits per heavy atom. The summed E-state index contributed by atoms with van der Waals surface area (Å²) in [6.45, 7) is 4.74. The van der Waals surface area contributed by atoms with Crippen LogP contribution >= 0.6 is 0 Å². The van der Waals surface area contributed by atoms with Crippen LogP contribution in [-0.2, 0) is 5.41 Å². The van der Waals surface area contributed by atoms with Gasteiger partial charge >= 0.3 is 0 Å². The molecule has 2 nitrogen and oxygen atoms in total. The SMILES string of the molecule is CC1(C)c2cc3ccccc3cc2-c2c(-c3ccc(-c4ccccc4-c4cc(-c5ccccc5-c5ccccc5)nc(-c5ccccc5)n4)c4ccccc34)cccc21. The number of fused-ring (bicyclic) bond motifs is 5. The van der Waals surface area contributed by atoms with Gasteiger partial charge in [-0.05, 0) is 95.4 Å². The first-order chi connectivity index (χ1) is 29.0. The average molecular weight is 753 g/mol. The van der Waals surface area contributed by atoms with Gasteiger partial charge in [0.05, 0.1) is 11.4 Å². The number of rotatable bonds is 6. The molecule has 0 atom stereocenters. The number of aromatic nitrogens is 2. The molecule has 1 aromatic heterocycles. The maximum Gasteiger partial charge on any atom is 0.160 e. The Bertz CT molecular complexity index is 3230. The Hall–Kier alpha value is -7.42. The molecule has 0 saturated heterocycles. The van der Waals surface area contributed by atoms with Crippen molar-refractivity contribution in [3.8, 4) is 78.4 Å². The zero-order valence-electron chi connectivity index (χ0n) is 33.0. The topological polar surface area (TPSA) is 25.8 Å². The summed E-state index contributed by atoms with van der Waals surface area (Å²) in [7, 11) is 0. The first-order valence-corrected chi connectivity index (χ1v) is 20.4. The smallest absolute Gasteiger partial charge is 0.160 e. The lowest BCUT2D eigenvalue weighted by atomic mass is 9.81. The van der Waals surface area contributed by atoms with Gasteiger partial charge in [0.2, 0.25) is 0 Å². The Morgan fingerprint density at radius 1 is 0.322 bits per heavy atom. The van der Waals surface area contributed by atoms with E-state index in [9.17, 15) is 0 Å². The van der Waals surface area contributed by atoms with Gasteiger partial charge in [-0.1, -0.05) is 202 Å². The standard InChI is InChI=1S/C57H40N2/c1-57(2)51-31-17-30-49(55(51)50-34-39-22-9-10-23-40(39)35-52(50)57)46-33-32-45(42-25-12-13-26-43(42)46)44-27-14-16-29-48(44)54-36-53(58-56(59-54)38-20-7-4-8-21-38)47-28-15-11-24-41(47)37-18-5-3-6-19-37/h3-36H,1-2H3. The highest BCUT2D eigenvalue weighted by atomic mass is 14.9. The van der Waals surface area contributed by atoms with E-state index in [4.69, 9.17) is 9.97 Å². The minimum absolute atomic E-state index is 0.115. The van der Waals surface area contributed by atoms with Gasteiger partial charge < -0.3 is 0 Å². The monoisotopic (exact) mass is 752 g/mol. The fourth-order valence-electron chi connectivity index (χ4n) is 9.42. The third kappa shape index (κ3) is 5.79. The van der Waals surface area contributed by atoms with Crippen molar-refractivity contribution in [2.24, 2.45) is 0 Å². The molecule has 278 valence electrons. The van der Waals surface area contributed by atoms with Crippen LogP contribution in [0.5, 0.6) is 0 Å². The molecule has 0 bridgehead atoms. The van der Waals surface area contributed by atoms with Gasteiger partial charge in [0.1, 0.15) is 0 Å². The summed E-state index contributed by atoms with van der Waals surface area (Å²) in [5.74, 6) is 0.699. The molecule has 0 aliphatic heterocycles. The fraction of sp³-hybridized carbons (Fsp3) is 0.0526. The number of hydrogen-bond acceptors (Lipinski definition) is 2. The number of benzene rings is 9. The lowest BCUT2D eigenvalue weighted by Crippen LogP contribution is -2.14. The molecule has 9 aromatic carbocycles. The van der Waals surface area contributed by atoms with Crippen LogP contribution in [0.25, 0.3) is 100.0 Å². The Kier molecular flexibility index (Phi) is 8.20. The quantitative estimate of drug-likeness (QED) is 0.169. The lowest BCUT2D eigenvalue weighted by molar-refractivity contribution is 0.661. The van der Waals surface area contributed by atoms with Crippen LogP contribution in [0, 0.1) is 0 Å². The van der Waals surface area contributed by atoms with E-state index in [0.29, 0.717) is 5.82 Å². The summed E-state index contributed by atoms with van der Waals surface area (Å²) in [5.41, 5.74) is 17.3. The fourth-order valence-corrected chi connectivity index (χ4v) is 9.42. The molecule has 0 amide bonds. The highest BCUT2D eigenvalue weighted by Gasteiger charge is 2.37. The minimum atomic E-state index is -0.115. The van der Waals surface area contributed by atoms with E-state index in [1.54, 1.807) is 0 Å². The Balaban J connectivity index is 1.10. The molecule has 11 rings (SSSR count). The van der Waals surface area contributed by atoms with Crippen molar-refractivity contribution in [2.75, 3.05) is 0 Å². The first-order valence-electron chi connectivity index (χ1n) is 20.4. The van der Waals surface area contributed by atoms with Gasteiger partial charge in [-0.15, -0.1) is 0 Å². The molecule has 0 N–H and O–H groups in total. The predicted molar refractivity (Wildman–Crippen MR) is 247 cm³/mol. The molecular weight excluding hydrogens is 713 g/mol. The van der Waals surface area contributed by atoms with Crippen LogP contribution in [0.15, 0.2) is 206 Å². The zero-order chi connectivity index (χ0) is 39.5. The van der Waals surface area contributed by atoms with Crippen molar-refractivity contribution in [2.45, 2.75) is 19.3 Å². The van der Waals surface area contributed by atoms with E-state index in [1.807, 2.05) is 6.07 Å². The van der Waals surface area contributed by atoms with E-state index in [-0.39, 0.29) is 5.41 Å². The highest BCUT2D eigenvalue weighted by Crippen LogP contribution is 2.54. The summed E-state index contributed by atoms with van der Waals surface area (Å²) in [5, 5.41) is 4.99. The van der Waals surface area contributed by atoms with Gasteiger partial charge in [0.15, 0.2) is 5.82 Å². The van der Waals surface area contributed by atoms with Crippen LogP contribution < -0.4 is 0 Å². The molecule has 1 aliphatic carbocycles. The van der Waals surface area contributed by atoms with E-state index in [1.165, 1.54) is 60.5 Å². The van der Waals surface area contributed by atoms with Crippen LogP contribution in [0.3, 0.4) is 0 Å². The van der Waals surface area contributed by atoms with Gasteiger partial charge in [-0.25, -0.2) is 9.97 Å². The van der Waals surface area contributed by atoms with Crippen molar-refractivity contribution in [3.63, 3.8) is 0 Å². The van der Waals surface area contributed by atoms with Crippen LogP contribution in [0.1, 0.15) is 25.0 Å². The van der Waals surface area contributed by atoms with Crippen LogP contribution in [0.2, 0.25) is 0 Å².